The molecule has 0 spiro atoms. The second-order valence-corrected chi connectivity index (χ2v) is 8.29. The SMILES string of the molecule is CCC.CCNC(=O)Nc1ccc(-n2c(-c3ccccc3Cl)nc(C(=O)NN(C)CC)c2C)cc1. The third-order valence-electron chi connectivity index (χ3n) is 4.92. The predicted molar refractivity (Wildman–Crippen MR) is 143 cm³/mol. The maximum absolute atomic E-state index is 12.9. The van der Waals surface area contributed by atoms with Crippen LogP contribution in [0.2, 0.25) is 5.02 Å². The summed E-state index contributed by atoms with van der Waals surface area (Å²) in [6.07, 6.45) is 1.25. The Hall–Kier alpha value is -3.36. The van der Waals surface area contributed by atoms with E-state index in [1.54, 1.807) is 30.3 Å². The van der Waals surface area contributed by atoms with Crippen LogP contribution in [0.1, 0.15) is 50.3 Å². The van der Waals surface area contributed by atoms with E-state index in [2.05, 4.69) is 34.9 Å². The van der Waals surface area contributed by atoms with Gasteiger partial charge in [-0.15, -0.1) is 0 Å². The van der Waals surface area contributed by atoms with Crippen LogP contribution >= 0.6 is 11.6 Å². The van der Waals surface area contributed by atoms with Gasteiger partial charge in [0.05, 0.1) is 10.7 Å². The van der Waals surface area contributed by atoms with E-state index in [4.69, 9.17) is 11.6 Å². The molecular formula is C26H35ClN6O2. The third-order valence-corrected chi connectivity index (χ3v) is 5.25. The number of hydrazine groups is 1. The number of amides is 3. The van der Waals surface area contributed by atoms with Crippen molar-refractivity contribution in [1.82, 2.24) is 25.3 Å². The van der Waals surface area contributed by atoms with Crippen molar-refractivity contribution in [3.63, 3.8) is 0 Å². The highest BCUT2D eigenvalue weighted by molar-refractivity contribution is 6.33. The zero-order valence-electron chi connectivity index (χ0n) is 21.3. The molecule has 35 heavy (non-hydrogen) atoms. The number of hydrogen-bond donors (Lipinski definition) is 3. The van der Waals surface area contributed by atoms with Crippen LogP contribution < -0.4 is 16.1 Å². The molecule has 1 heterocycles. The summed E-state index contributed by atoms with van der Waals surface area (Å²) in [5.74, 6) is 0.260. The highest BCUT2D eigenvalue weighted by Crippen LogP contribution is 2.31. The van der Waals surface area contributed by atoms with E-state index in [-0.39, 0.29) is 11.9 Å². The molecule has 0 radical (unpaired) electrons. The second kappa shape index (κ2) is 13.5. The fourth-order valence-corrected chi connectivity index (χ4v) is 3.41. The third kappa shape index (κ3) is 7.31. The molecule has 0 unspecified atom stereocenters. The highest BCUT2D eigenvalue weighted by Gasteiger charge is 2.23. The van der Waals surface area contributed by atoms with Crippen molar-refractivity contribution < 1.29 is 9.59 Å². The first kappa shape index (κ1) is 27.9. The van der Waals surface area contributed by atoms with Gasteiger partial charge in [-0.1, -0.05) is 50.9 Å². The minimum atomic E-state index is -0.298. The first-order chi connectivity index (χ1) is 16.8. The summed E-state index contributed by atoms with van der Waals surface area (Å²) in [7, 11) is 1.79. The topological polar surface area (TPSA) is 91.3 Å². The number of anilines is 1. The molecule has 2 aromatic carbocycles. The zero-order chi connectivity index (χ0) is 26.0. The fraction of sp³-hybridized carbons (Fsp3) is 0.346. The molecule has 3 aromatic rings. The number of aromatic nitrogens is 2. The van der Waals surface area contributed by atoms with Crippen molar-refractivity contribution in [2.75, 3.05) is 25.5 Å². The number of halogens is 1. The first-order valence-electron chi connectivity index (χ1n) is 11.8. The average molecular weight is 499 g/mol. The fourth-order valence-electron chi connectivity index (χ4n) is 3.19. The van der Waals surface area contributed by atoms with Crippen molar-refractivity contribution in [3.8, 4) is 17.1 Å². The van der Waals surface area contributed by atoms with Gasteiger partial charge in [-0.2, -0.15) is 0 Å². The molecule has 8 nitrogen and oxygen atoms in total. The van der Waals surface area contributed by atoms with Crippen molar-refractivity contribution in [3.05, 3.63) is 64.9 Å². The quantitative estimate of drug-likeness (QED) is 0.367. The summed E-state index contributed by atoms with van der Waals surface area (Å²) in [6.45, 7) is 11.1. The minimum Gasteiger partial charge on any atom is -0.338 e. The van der Waals surface area contributed by atoms with E-state index in [0.717, 1.165) is 5.69 Å². The molecule has 0 saturated heterocycles. The van der Waals surface area contributed by atoms with Crippen molar-refractivity contribution in [1.29, 1.82) is 0 Å². The minimum absolute atomic E-state index is 0.269. The molecule has 0 fully saturated rings. The monoisotopic (exact) mass is 498 g/mol. The number of rotatable bonds is 7. The molecule has 3 rings (SSSR count). The van der Waals surface area contributed by atoms with Crippen LogP contribution in [-0.4, -0.2) is 46.6 Å². The molecule has 0 aliphatic heterocycles. The Morgan fingerprint density at radius 3 is 2.23 bits per heavy atom. The summed E-state index contributed by atoms with van der Waals surface area (Å²) in [5.41, 5.74) is 5.95. The lowest BCUT2D eigenvalue weighted by atomic mass is 10.2. The molecule has 0 bridgehead atoms. The van der Waals surface area contributed by atoms with Gasteiger partial charge in [0.25, 0.3) is 5.91 Å². The Morgan fingerprint density at radius 1 is 1.03 bits per heavy atom. The molecule has 9 heteroatoms. The van der Waals surface area contributed by atoms with Gasteiger partial charge < -0.3 is 10.6 Å². The van der Waals surface area contributed by atoms with Gasteiger partial charge in [0.15, 0.2) is 5.69 Å². The summed E-state index contributed by atoms with van der Waals surface area (Å²) in [6, 6.07) is 14.4. The molecular weight excluding hydrogens is 464 g/mol. The van der Waals surface area contributed by atoms with Crippen LogP contribution in [-0.2, 0) is 0 Å². The summed E-state index contributed by atoms with van der Waals surface area (Å²) < 4.78 is 1.89. The molecule has 188 valence electrons. The molecule has 0 atom stereocenters. The van der Waals surface area contributed by atoms with Gasteiger partial charge in [-0.3, -0.25) is 14.8 Å². The lowest BCUT2D eigenvalue weighted by Gasteiger charge is -2.15. The number of carbonyl (C=O) groups is 2. The zero-order valence-corrected chi connectivity index (χ0v) is 22.0. The van der Waals surface area contributed by atoms with Gasteiger partial charge in [0.2, 0.25) is 0 Å². The Kier molecular flexibility index (Phi) is 10.8. The van der Waals surface area contributed by atoms with E-state index < -0.39 is 0 Å². The number of carbonyl (C=O) groups excluding carboxylic acids is 2. The molecule has 0 saturated carbocycles. The highest BCUT2D eigenvalue weighted by atomic mass is 35.5. The Morgan fingerprint density at radius 2 is 1.66 bits per heavy atom. The van der Waals surface area contributed by atoms with E-state index in [1.807, 2.05) is 55.7 Å². The van der Waals surface area contributed by atoms with Crippen LogP contribution in [0.15, 0.2) is 48.5 Å². The van der Waals surface area contributed by atoms with Gasteiger partial charge in [-0.05, 0) is 50.2 Å². The lowest BCUT2D eigenvalue weighted by molar-refractivity contribution is 0.0829. The summed E-state index contributed by atoms with van der Waals surface area (Å²) in [4.78, 5) is 29.3. The summed E-state index contributed by atoms with van der Waals surface area (Å²) in [5, 5.41) is 7.70. The van der Waals surface area contributed by atoms with Crippen LogP contribution in [0.5, 0.6) is 0 Å². The van der Waals surface area contributed by atoms with E-state index in [9.17, 15) is 9.59 Å². The number of nitrogens with zero attached hydrogens (tertiary/aromatic N) is 3. The number of nitrogens with one attached hydrogen (secondary N) is 3. The Labute approximate surface area is 212 Å². The normalized spacial score (nSPS) is 10.4. The van der Waals surface area contributed by atoms with E-state index in [1.165, 1.54) is 6.42 Å². The van der Waals surface area contributed by atoms with Gasteiger partial charge in [-0.25, -0.2) is 14.8 Å². The Bertz CT molecular complexity index is 1130. The first-order valence-corrected chi connectivity index (χ1v) is 12.2. The standard InChI is InChI=1S/C23H27ClN6O2.C3H8/c1-5-25-23(32)26-16-11-13-17(14-12-16)30-15(3)20(22(31)28-29(4)6-2)27-21(30)18-9-7-8-10-19(18)24;1-3-2/h7-14H,5-6H2,1-4H3,(H,28,31)(H2,25,26,32);3H2,1-2H3. The summed E-state index contributed by atoms with van der Waals surface area (Å²) >= 11 is 6.46. The molecule has 3 amide bonds. The molecule has 0 aliphatic rings. The van der Waals surface area contributed by atoms with Gasteiger partial charge in [0.1, 0.15) is 5.82 Å². The Balaban J connectivity index is 0.00000137. The molecule has 0 aliphatic carbocycles. The van der Waals surface area contributed by atoms with Crippen molar-refractivity contribution >= 4 is 29.2 Å². The van der Waals surface area contributed by atoms with Crippen molar-refractivity contribution in [2.24, 2.45) is 0 Å². The van der Waals surface area contributed by atoms with Gasteiger partial charge >= 0.3 is 6.03 Å². The number of urea groups is 1. The number of benzene rings is 2. The largest absolute Gasteiger partial charge is 0.338 e. The second-order valence-electron chi connectivity index (χ2n) is 7.88. The smallest absolute Gasteiger partial charge is 0.319 e. The predicted octanol–water partition coefficient (Wildman–Crippen LogP) is 5.66. The lowest BCUT2D eigenvalue weighted by Crippen LogP contribution is -2.39. The van der Waals surface area contributed by atoms with Crippen LogP contribution in [0.25, 0.3) is 17.1 Å². The van der Waals surface area contributed by atoms with Crippen LogP contribution in [0.3, 0.4) is 0 Å². The van der Waals surface area contributed by atoms with Crippen LogP contribution in [0.4, 0.5) is 10.5 Å². The van der Waals surface area contributed by atoms with Crippen molar-refractivity contribution in [2.45, 2.75) is 41.0 Å². The number of hydrogen-bond acceptors (Lipinski definition) is 4. The van der Waals surface area contributed by atoms with Crippen LogP contribution in [0, 0.1) is 6.92 Å². The maximum atomic E-state index is 12.9. The number of imidazole rings is 1. The molecule has 1 aromatic heterocycles. The molecule has 3 N–H and O–H groups in total. The van der Waals surface area contributed by atoms with E-state index in [0.29, 0.717) is 46.6 Å². The van der Waals surface area contributed by atoms with Gasteiger partial charge in [0, 0.05) is 37.1 Å². The van der Waals surface area contributed by atoms with E-state index >= 15 is 0 Å². The average Bonchev–Trinajstić information content (AvgIpc) is 3.17. The maximum Gasteiger partial charge on any atom is 0.319 e.